The van der Waals surface area contributed by atoms with Crippen molar-refractivity contribution in [3.8, 4) is 5.88 Å². The average molecular weight is 422 g/mol. The molecule has 1 aliphatic rings. The number of H-pyrrole nitrogens is 2. The third-order valence-electron chi connectivity index (χ3n) is 4.70. The lowest BCUT2D eigenvalue weighted by Crippen LogP contribution is -2.14. The molecule has 3 N–H and O–H groups in total. The summed E-state index contributed by atoms with van der Waals surface area (Å²) in [6.07, 6.45) is 5.72. The molecule has 0 saturated heterocycles. The van der Waals surface area contributed by atoms with Gasteiger partial charge in [-0.2, -0.15) is 0 Å². The highest BCUT2D eigenvalue weighted by atomic mass is 32.1. The summed E-state index contributed by atoms with van der Waals surface area (Å²) < 4.78 is 5.46. The predicted molar refractivity (Wildman–Crippen MR) is 112 cm³/mol. The lowest BCUT2D eigenvalue weighted by molar-refractivity contribution is 0.0499. The van der Waals surface area contributed by atoms with Crippen molar-refractivity contribution in [2.75, 3.05) is 6.61 Å². The fourth-order valence-electron chi connectivity index (χ4n) is 3.15. The van der Waals surface area contributed by atoms with Gasteiger partial charge in [0.05, 0.1) is 12.2 Å². The van der Waals surface area contributed by atoms with Gasteiger partial charge in [0.2, 0.25) is 5.88 Å². The maximum absolute atomic E-state index is 12.7. The number of fused-ring (bicyclic) bond motifs is 1. The van der Waals surface area contributed by atoms with Crippen molar-refractivity contribution in [3.05, 3.63) is 36.7 Å². The third-order valence-corrected chi connectivity index (χ3v) is 6.06. The van der Waals surface area contributed by atoms with E-state index < -0.39 is 5.56 Å². The molecule has 2 aromatic rings. The van der Waals surface area contributed by atoms with E-state index in [0.29, 0.717) is 23.1 Å². The summed E-state index contributed by atoms with van der Waals surface area (Å²) in [4.78, 5) is 35.1. The summed E-state index contributed by atoms with van der Waals surface area (Å²) in [6.45, 7) is 4.59. The van der Waals surface area contributed by atoms with Gasteiger partial charge in [0, 0.05) is 11.1 Å². The number of nitrogens with zero attached hydrogens (tertiary/aromatic N) is 1. The Balaban J connectivity index is 1.99. The van der Waals surface area contributed by atoms with E-state index in [0.717, 1.165) is 42.5 Å². The number of ether oxygens (including phenoxy) is 1. The van der Waals surface area contributed by atoms with Crippen LogP contribution in [0.1, 0.15) is 59.5 Å². The van der Waals surface area contributed by atoms with Crippen LogP contribution in [0.4, 0.5) is 5.00 Å². The minimum atomic E-state index is -0.549. The molecule has 1 unspecified atom stereocenters. The van der Waals surface area contributed by atoms with E-state index in [9.17, 15) is 14.7 Å². The van der Waals surface area contributed by atoms with Crippen LogP contribution in [0.2, 0.25) is 0 Å². The Morgan fingerprint density at radius 2 is 2.25 bits per heavy atom. The summed E-state index contributed by atoms with van der Waals surface area (Å²) in [5, 5.41) is 10.4. The number of rotatable bonds is 6. The van der Waals surface area contributed by atoms with Crippen molar-refractivity contribution < 1.29 is 14.6 Å². The standard InChI is InChI=1S/C19H23N3O4S2/c1-3-4-7-26-18(25)14-11-6-5-10(2)8-13(11)28-17(14)20-9-12-15(23)21-19(27)22-16(12)24/h9-10H,3-8H2,1-2H3,(H3,21,22,23,24,27). The highest BCUT2D eigenvalue weighted by molar-refractivity contribution is 7.71. The average Bonchev–Trinajstić information content (AvgIpc) is 2.98. The molecule has 0 spiro atoms. The Kier molecular flexibility index (Phi) is 6.46. The number of carbonyl (C=O) groups is 1. The Morgan fingerprint density at radius 1 is 1.46 bits per heavy atom. The molecule has 0 bridgehead atoms. The number of nitrogens with one attached hydrogen (secondary N) is 2. The first kappa shape index (κ1) is 20.5. The highest BCUT2D eigenvalue weighted by Crippen LogP contribution is 2.41. The fourth-order valence-corrected chi connectivity index (χ4v) is 4.68. The normalized spacial score (nSPS) is 16.3. The van der Waals surface area contributed by atoms with Crippen LogP contribution in [0.15, 0.2) is 9.79 Å². The van der Waals surface area contributed by atoms with Crippen LogP contribution in [0, 0.1) is 10.7 Å². The number of hydrogen-bond donors (Lipinski definition) is 3. The van der Waals surface area contributed by atoms with Crippen molar-refractivity contribution in [2.45, 2.75) is 46.0 Å². The summed E-state index contributed by atoms with van der Waals surface area (Å²) in [6, 6.07) is 0. The zero-order valence-electron chi connectivity index (χ0n) is 15.8. The molecule has 0 amide bonds. The molecule has 28 heavy (non-hydrogen) atoms. The van der Waals surface area contributed by atoms with Gasteiger partial charge in [-0.25, -0.2) is 9.79 Å². The van der Waals surface area contributed by atoms with E-state index in [2.05, 4.69) is 21.9 Å². The van der Waals surface area contributed by atoms with Crippen LogP contribution < -0.4 is 5.56 Å². The Labute approximate surface area is 171 Å². The van der Waals surface area contributed by atoms with Crippen molar-refractivity contribution in [2.24, 2.45) is 10.9 Å². The topological polar surface area (TPSA) is 108 Å². The van der Waals surface area contributed by atoms with Gasteiger partial charge < -0.3 is 14.8 Å². The lowest BCUT2D eigenvalue weighted by Gasteiger charge is -2.18. The monoisotopic (exact) mass is 421 g/mol. The van der Waals surface area contributed by atoms with Crippen molar-refractivity contribution in [3.63, 3.8) is 0 Å². The number of aromatic hydroxyl groups is 1. The highest BCUT2D eigenvalue weighted by Gasteiger charge is 2.28. The van der Waals surface area contributed by atoms with Gasteiger partial charge in [-0.15, -0.1) is 11.3 Å². The van der Waals surface area contributed by atoms with Gasteiger partial charge in [0.25, 0.3) is 5.56 Å². The minimum Gasteiger partial charge on any atom is -0.494 e. The van der Waals surface area contributed by atoms with Gasteiger partial charge in [0.1, 0.15) is 10.6 Å². The van der Waals surface area contributed by atoms with E-state index in [1.807, 2.05) is 6.92 Å². The van der Waals surface area contributed by atoms with Crippen molar-refractivity contribution in [1.82, 2.24) is 9.97 Å². The van der Waals surface area contributed by atoms with Crippen LogP contribution in [0.25, 0.3) is 0 Å². The number of aromatic nitrogens is 2. The van der Waals surface area contributed by atoms with Crippen LogP contribution in [-0.2, 0) is 17.6 Å². The fraction of sp³-hybridized carbons (Fsp3) is 0.474. The molecule has 2 heterocycles. The number of unbranched alkanes of at least 4 members (excludes halogenated alkanes) is 1. The van der Waals surface area contributed by atoms with E-state index in [1.165, 1.54) is 17.6 Å². The number of aromatic amines is 2. The zero-order chi connectivity index (χ0) is 20.3. The number of carbonyl (C=O) groups excluding carboxylic acids is 1. The largest absolute Gasteiger partial charge is 0.494 e. The minimum absolute atomic E-state index is 0.0282. The van der Waals surface area contributed by atoms with E-state index in [1.54, 1.807) is 0 Å². The van der Waals surface area contributed by atoms with E-state index in [-0.39, 0.29) is 22.2 Å². The second kappa shape index (κ2) is 8.83. The van der Waals surface area contributed by atoms with Gasteiger partial charge in [-0.05, 0) is 49.4 Å². The van der Waals surface area contributed by atoms with E-state index >= 15 is 0 Å². The molecule has 3 rings (SSSR count). The number of esters is 1. The molecule has 1 atom stereocenters. The number of thiophene rings is 1. The zero-order valence-corrected chi connectivity index (χ0v) is 17.5. The number of aliphatic imine (C=N–C) groups is 1. The van der Waals surface area contributed by atoms with Gasteiger partial charge in [-0.3, -0.25) is 9.78 Å². The van der Waals surface area contributed by atoms with Gasteiger partial charge in [-0.1, -0.05) is 20.3 Å². The van der Waals surface area contributed by atoms with Crippen molar-refractivity contribution in [1.29, 1.82) is 0 Å². The molecule has 0 aromatic carbocycles. The molecule has 0 saturated carbocycles. The first-order chi connectivity index (χ1) is 13.4. The molecule has 1 aliphatic carbocycles. The molecule has 0 radical (unpaired) electrons. The Morgan fingerprint density at radius 3 is 2.96 bits per heavy atom. The summed E-state index contributed by atoms with van der Waals surface area (Å²) in [5.41, 5.74) is 0.895. The Bertz CT molecular complexity index is 1020. The van der Waals surface area contributed by atoms with Gasteiger partial charge >= 0.3 is 5.97 Å². The lowest BCUT2D eigenvalue weighted by atomic mass is 9.88. The summed E-state index contributed by atoms with van der Waals surface area (Å²) in [7, 11) is 0. The predicted octanol–water partition coefficient (Wildman–Crippen LogP) is 4.03. The van der Waals surface area contributed by atoms with Crippen LogP contribution >= 0.6 is 23.6 Å². The number of hydrogen-bond acceptors (Lipinski definition) is 7. The quantitative estimate of drug-likeness (QED) is 0.282. The first-order valence-electron chi connectivity index (χ1n) is 9.32. The molecule has 9 heteroatoms. The van der Waals surface area contributed by atoms with E-state index in [4.69, 9.17) is 17.0 Å². The molecule has 150 valence electrons. The molecule has 0 fully saturated rings. The maximum atomic E-state index is 12.7. The summed E-state index contributed by atoms with van der Waals surface area (Å²) in [5.74, 6) is -0.189. The molecule has 2 aromatic heterocycles. The van der Waals surface area contributed by atoms with Crippen LogP contribution in [0.5, 0.6) is 5.88 Å². The second-order valence-electron chi connectivity index (χ2n) is 6.95. The SMILES string of the molecule is CCCCOC(=O)c1c(N=Cc2c(O)[nH]c(=S)[nH]c2=O)sc2c1CCC(C)C2. The van der Waals surface area contributed by atoms with Crippen LogP contribution in [-0.4, -0.2) is 33.9 Å². The molecule has 7 nitrogen and oxygen atoms in total. The maximum Gasteiger partial charge on any atom is 0.341 e. The smallest absolute Gasteiger partial charge is 0.341 e. The molecular formula is C19H23N3O4S2. The summed E-state index contributed by atoms with van der Waals surface area (Å²) >= 11 is 6.27. The second-order valence-corrected chi connectivity index (χ2v) is 8.44. The van der Waals surface area contributed by atoms with Crippen molar-refractivity contribution >= 4 is 40.7 Å². The first-order valence-corrected chi connectivity index (χ1v) is 10.5. The Hall–Kier alpha value is -2.26. The van der Waals surface area contributed by atoms with Crippen LogP contribution in [0.3, 0.4) is 0 Å². The third kappa shape index (κ3) is 4.41. The molecular weight excluding hydrogens is 398 g/mol. The molecule has 0 aliphatic heterocycles. The van der Waals surface area contributed by atoms with Gasteiger partial charge in [0.15, 0.2) is 4.77 Å².